The van der Waals surface area contributed by atoms with Crippen molar-refractivity contribution in [1.82, 2.24) is 30.2 Å². The van der Waals surface area contributed by atoms with Crippen molar-refractivity contribution in [2.75, 3.05) is 30.4 Å². The standard InChI is InChI=1S/C17H20N8O/c1-18-12-2-3-13(20-8-12)16(26)22-11-4-6-25(7-5-11)17-23-14-9-19-10-21-15(14)24-17/h2-3,8-11,18H,4-7H2,1H3,(H,22,26)(H,19,21,23,24). The smallest absolute Gasteiger partial charge is 0.270 e. The van der Waals surface area contributed by atoms with Crippen molar-refractivity contribution < 1.29 is 4.79 Å². The van der Waals surface area contributed by atoms with Gasteiger partial charge in [0.15, 0.2) is 5.65 Å². The molecule has 3 aromatic rings. The highest BCUT2D eigenvalue weighted by atomic mass is 16.1. The second-order valence-corrected chi connectivity index (χ2v) is 6.24. The number of fused-ring (bicyclic) bond motifs is 1. The van der Waals surface area contributed by atoms with Gasteiger partial charge in [0, 0.05) is 26.2 Å². The number of carbonyl (C=O) groups is 1. The molecule has 0 spiro atoms. The summed E-state index contributed by atoms with van der Waals surface area (Å²) in [5.41, 5.74) is 2.81. The van der Waals surface area contributed by atoms with Crippen LogP contribution in [0.2, 0.25) is 0 Å². The van der Waals surface area contributed by atoms with Crippen molar-refractivity contribution in [3.8, 4) is 0 Å². The van der Waals surface area contributed by atoms with Crippen molar-refractivity contribution in [2.24, 2.45) is 0 Å². The van der Waals surface area contributed by atoms with E-state index in [4.69, 9.17) is 0 Å². The molecule has 1 fully saturated rings. The van der Waals surface area contributed by atoms with Gasteiger partial charge in [0.05, 0.1) is 18.1 Å². The van der Waals surface area contributed by atoms with E-state index < -0.39 is 0 Å². The Labute approximate surface area is 150 Å². The fraction of sp³-hybridized carbons (Fsp3) is 0.353. The average Bonchev–Trinajstić information content (AvgIpc) is 3.13. The largest absolute Gasteiger partial charge is 0.387 e. The van der Waals surface area contributed by atoms with Gasteiger partial charge in [-0.2, -0.15) is 4.98 Å². The average molecular weight is 352 g/mol. The predicted octanol–water partition coefficient (Wildman–Crippen LogP) is 1.19. The number of nitrogens with one attached hydrogen (secondary N) is 3. The Morgan fingerprint density at radius 3 is 2.77 bits per heavy atom. The minimum absolute atomic E-state index is 0.133. The molecule has 1 aliphatic heterocycles. The number of piperidine rings is 1. The van der Waals surface area contributed by atoms with Gasteiger partial charge in [-0.15, -0.1) is 0 Å². The van der Waals surface area contributed by atoms with Gasteiger partial charge in [0.2, 0.25) is 5.95 Å². The summed E-state index contributed by atoms with van der Waals surface area (Å²) in [4.78, 5) is 34.6. The van der Waals surface area contributed by atoms with Gasteiger partial charge in [-0.3, -0.25) is 4.79 Å². The zero-order valence-corrected chi connectivity index (χ0v) is 14.4. The summed E-state index contributed by atoms with van der Waals surface area (Å²) in [5.74, 6) is 0.666. The molecule has 26 heavy (non-hydrogen) atoms. The molecule has 1 saturated heterocycles. The second kappa shape index (κ2) is 6.95. The molecule has 0 atom stereocenters. The summed E-state index contributed by atoms with van der Waals surface area (Å²) in [6.07, 6.45) is 6.57. The van der Waals surface area contributed by atoms with Gasteiger partial charge >= 0.3 is 0 Å². The van der Waals surface area contributed by atoms with Crippen LogP contribution in [0.4, 0.5) is 11.6 Å². The number of rotatable bonds is 4. The first-order chi connectivity index (χ1) is 12.7. The van der Waals surface area contributed by atoms with Crippen molar-refractivity contribution in [1.29, 1.82) is 0 Å². The molecule has 3 aromatic heterocycles. The van der Waals surface area contributed by atoms with Crippen LogP contribution in [0, 0.1) is 0 Å². The lowest BCUT2D eigenvalue weighted by Crippen LogP contribution is -2.45. The molecule has 4 heterocycles. The quantitative estimate of drug-likeness (QED) is 0.646. The first-order valence-electron chi connectivity index (χ1n) is 8.58. The number of anilines is 2. The number of H-pyrrole nitrogens is 1. The number of amides is 1. The number of carbonyl (C=O) groups excluding carboxylic acids is 1. The van der Waals surface area contributed by atoms with E-state index >= 15 is 0 Å². The van der Waals surface area contributed by atoms with Gasteiger partial charge in [-0.25, -0.2) is 15.0 Å². The fourth-order valence-corrected chi connectivity index (χ4v) is 3.07. The van der Waals surface area contributed by atoms with E-state index in [2.05, 4.69) is 40.5 Å². The first kappa shape index (κ1) is 16.2. The predicted molar refractivity (Wildman–Crippen MR) is 98.2 cm³/mol. The Bertz CT molecular complexity index is 866. The van der Waals surface area contributed by atoms with Gasteiger partial charge in [0.25, 0.3) is 5.91 Å². The fourth-order valence-electron chi connectivity index (χ4n) is 3.07. The Morgan fingerprint density at radius 2 is 2.08 bits per heavy atom. The number of nitrogens with zero attached hydrogens (tertiary/aromatic N) is 5. The third kappa shape index (κ3) is 3.28. The molecule has 4 rings (SSSR count). The van der Waals surface area contributed by atoms with Gasteiger partial charge < -0.3 is 20.5 Å². The molecule has 9 heteroatoms. The maximum atomic E-state index is 12.3. The minimum Gasteiger partial charge on any atom is -0.387 e. The molecule has 0 unspecified atom stereocenters. The normalized spacial score (nSPS) is 15.2. The maximum absolute atomic E-state index is 12.3. The lowest BCUT2D eigenvalue weighted by Gasteiger charge is -2.32. The van der Waals surface area contributed by atoms with Crippen molar-refractivity contribution >= 4 is 28.7 Å². The molecule has 0 radical (unpaired) electrons. The Kier molecular flexibility index (Phi) is 4.34. The second-order valence-electron chi connectivity index (χ2n) is 6.24. The van der Waals surface area contributed by atoms with Gasteiger partial charge in [0.1, 0.15) is 17.5 Å². The highest BCUT2D eigenvalue weighted by Crippen LogP contribution is 2.19. The molecule has 0 saturated carbocycles. The molecule has 0 aromatic carbocycles. The molecular weight excluding hydrogens is 332 g/mol. The summed E-state index contributed by atoms with van der Waals surface area (Å²) < 4.78 is 0. The SMILES string of the molecule is CNc1ccc(C(=O)NC2CCN(c3nc4ncncc4[nH]3)CC2)nc1. The molecular formula is C17H20N8O. The molecule has 3 N–H and O–H groups in total. The number of aromatic amines is 1. The molecule has 1 aliphatic rings. The minimum atomic E-state index is -0.134. The highest BCUT2D eigenvalue weighted by molar-refractivity contribution is 5.92. The summed E-state index contributed by atoms with van der Waals surface area (Å²) in [7, 11) is 1.82. The van der Waals surface area contributed by atoms with Crippen LogP contribution in [0.3, 0.4) is 0 Å². The summed E-state index contributed by atoms with van der Waals surface area (Å²) in [6, 6.07) is 3.70. The van der Waals surface area contributed by atoms with E-state index in [0.29, 0.717) is 11.3 Å². The van der Waals surface area contributed by atoms with Crippen LogP contribution < -0.4 is 15.5 Å². The van der Waals surface area contributed by atoms with E-state index in [9.17, 15) is 4.79 Å². The lowest BCUT2D eigenvalue weighted by atomic mass is 10.1. The molecule has 9 nitrogen and oxygen atoms in total. The number of hydrogen-bond donors (Lipinski definition) is 3. The zero-order valence-electron chi connectivity index (χ0n) is 14.4. The first-order valence-corrected chi connectivity index (χ1v) is 8.58. The van der Waals surface area contributed by atoms with Crippen molar-refractivity contribution in [3.05, 3.63) is 36.5 Å². The van der Waals surface area contributed by atoms with E-state index in [1.54, 1.807) is 18.5 Å². The van der Waals surface area contributed by atoms with E-state index in [-0.39, 0.29) is 11.9 Å². The monoisotopic (exact) mass is 352 g/mol. The molecule has 0 bridgehead atoms. The molecule has 1 amide bonds. The van der Waals surface area contributed by atoms with E-state index in [0.717, 1.165) is 43.1 Å². The maximum Gasteiger partial charge on any atom is 0.270 e. The topological polar surface area (TPSA) is 112 Å². The van der Waals surface area contributed by atoms with Crippen LogP contribution in [0.1, 0.15) is 23.3 Å². The summed E-state index contributed by atoms with van der Waals surface area (Å²) >= 11 is 0. The Morgan fingerprint density at radius 1 is 1.23 bits per heavy atom. The van der Waals surface area contributed by atoms with Crippen LogP contribution in [0.5, 0.6) is 0 Å². The van der Waals surface area contributed by atoms with E-state index in [1.807, 2.05) is 13.1 Å². The van der Waals surface area contributed by atoms with Crippen LogP contribution in [0.15, 0.2) is 30.9 Å². The van der Waals surface area contributed by atoms with Gasteiger partial charge in [-0.05, 0) is 25.0 Å². The van der Waals surface area contributed by atoms with Crippen molar-refractivity contribution in [3.63, 3.8) is 0 Å². The molecule has 134 valence electrons. The van der Waals surface area contributed by atoms with Crippen LogP contribution in [-0.2, 0) is 0 Å². The number of hydrogen-bond acceptors (Lipinski definition) is 7. The van der Waals surface area contributed by atoms with Crippen LogP contribution in [-0.4, -0.2) is 57.0 Å². The zero-order chi connectivity index (χ0) is 17.9. The third-order valence-corrected chi connectivity index (χ3v) is 4.56. The van der Waals surface area contributed by atoms with Crippen LogP contribution >= 0.6 is 0 Å². The van der Waals surface area contributed by atoms with Crippen molar-refractivity contribution in [2.45, 2.75) is 18.9 Å². The summed E-state index contributed by atoms with van der Waals surface area (Å²) in [5, 5.41) is 6.06. The number of pyridine rings is 1. The Hall–Kier alpha value is -3.23. The third-order valence-electron chi connectivity index (χ3n) is 4.56. The highest BCUT2D eigenvalue weighted by Gasteiger charge is 2.23. The summed E-state index contributed by atoms with van der Waals surface area (Å²) in [6.45, 7) is 1.62. The van der Waals surface area contributed by atoms with E-state index in [1.165, 1.54) is 6.33 Å². The molecule has 0 aliphatic carbocycles. The van der Waals surface area contributed by atoms with Crippen LogP contribution in [0.25, 0.3) is 11.2 Å². The Balaban J connectivity index is 1.34. The number of aromatic nitrogens is 5. The van der Waals surface area contributed by atoms with Gasteiger partial charge in [-0.1, -0.05) is 0 Å². The number of imidazole rings is 1. The lowest BCUT2D eigenvalue weighted by molar-refractivity contribution is 0.0926.